The van der Waals surface area contributed by atoms with Gasteiger partial charge in [0.05, 0.1) is 0 Å². The van der Waals surface area contributed by atoms with Gasteiger partial charge in [0.15, 0.2) is 11.5 Å². The van der Waals surface area contributed by atoms with E-state index in [4.69, 9.17) is 9.47 Å². The summed E-state index contributed by atoms with van der Waals surface area (Å²) in [6.07, 6.45) is 0.956. The Hall–Kier alpha value is -3.80. The second kappa shape index (κ2) is 8.38. The molecule has 0 aliphatic carbocycles. The van der Waals surface area contributed by atoms with Crippen molar-refractivity contribution in [2.75, 3.05) is 13.8 Å². The molecule has 1 aliphatic rings. The number of carbonyl (C=O) groups is 1. The molecule has 0 fully saturated rings. The average Bonchev–Trinajstić information content (AvgIpc) is 3.42. The SMILES string of the molecule is CN(Cc1ccc2c(c1)OCO2)C(=O)CCc1c(-c2ccc(F)cc2)[nH]c2ccccc12. The average molecular weight is 430 g/mol. The molecule has 0 saturated carbocycles. The molecule has 0 saturated heterocycles. The lowest BCUT2D eigenvalue weighted by Crippen LogP contribution is -2.26. The molecule has 0 radical (unpaired) electrons. The summed E-state index contributed by atoms with van der Waals surface area (Å²) in [7, 11) is 1.81. The van der Waals surface area contributed by atoms with Crippen molar-refractivity contribution >= 4 is 16.8 Å². The first-order valence-corrected chi connectivity index (χ1v) is 10.6. The van der Waals surface area contributed by atoms with E-state index >= 15 is 0 Å². The van der Waals surface area contributed by atoms with Crippen LogP contribution >= 0.6 is 0 Å². The van der Waals surface area contributed by atoms with E-state index in [-0.39, 0.29) is 18.5 Å². The fourth-order valence-electron chi connectivity index (χ4n) is 4.15. The summed E-state index contributed by atoms with van der Waals surface area (Å²) in [5, 5.41) is 1.08. The number of aromatic amines is 1. The van der Waals surface area contributed by atoms with E-state index in [2.05, 4.69) is 11.1 Å². The van der Waals surface area contributed by atoms with Crippen molar-refractivity contribution in [2.24, 2.45) is 0 Å². The van der Waals surface area contributed by atoms with Crippen LogP contribution in [0.4, 0.5) is 4.39 Å². The Morgan fingerprint density at radius 2 is 1.81 bits per heavy atom. The Morgan fingerprint density at radius 3 is 2.66 bits per heavy atom. The van der Waals surface area contributed by atoms with E-state index < -0.39 is 0 Å². The number of H-pyrrole nitrogens is 1. The predicted octanol–water partition coefficient (Wildman–Crippen LogP) is 5.29. The first-order chi connectivity index (χ1) is 15.6. The molecule has 5 nitrogen and oxygen atoms in total. The third-order valence-electron chi connectivity index (χ3n) is 5.82. The second-order valence-electron chi connectivity index (χ2n) is 7.97. The van der Waals surface area contributed by atoms with E-state index in [9.17, 15) is 9.18 Å². The molecular formula is C26H23FN2O3. The topological polar surface area (TPSA) is 54.6 Å². The predicted molar refractivity (Wildman–Crippen MR) is 121 cm³/mol. The smallest absolute Gasteiger partial charge is 0.231 e. The van der Waals surface area contributed by atoms with Gasteiger partial charge in [-0.2, -0.15) is 0 Å². The minimum Gasteiger partial charge on any atom is -0.454 e. The Kier molecular flexibility index (Phi) is 5.27. The van der Waals surface area contributed by atoms with Crippen molar-refractivity contribution in [3.8, 4) is 22.8 Å². The van der Waals surface area contributed by atoms with Gasteiger partial charge < -0.3 is 19.4 Å². The minimum absolute atomic E-state index is 0.0537. The van der Waals surface area contributed by atoms with Crippen molar-refractivity contribution in [3.63, 3.8) is 0 Å². The Bertz CT molecular complexity index is 1280. The fourth-order valence-corrected chi connectivity index (χ4v) is 4.15. The Labute approximate surface area is 185 Å². The molecule has 1 N–H and O–H groups in total. The first kappa shape index (κ1) is 20.1. The number of para-hydroxylation sites is 1. The van der Waals surface area contributed by atoms with Crippen molar-refractivity contribution < 1.29 is 18.7 Å². The van der Waals surface area contributed by atoms with Crippen LogP contribution in [0.15, 0.2) is 66.7 Å². The summed E-state index contributed by atoms with van der Waals surface area (Å²) >= 11 is 0. The summed E-state index contributed by atoms with van der Waals surface area (Å²) < 4.78 is 24.2. The zero-order valence-electron chi connectivity index (χ0n) is 17.7. The number of ether oxygens (including phenoxy) is 2. The van der Waals surface area contributed by atoms with Crippen LogP contribution in [-0.2, 0) is 17.8 Å². The van der Waals surface area contributed by atoms with Crippen molar-refractivity contribution in [3.05, 3.63) is 83.7 Å². The molecule has 0 bridgehead atoms. The van der Waals surface area contributed by atoms with Gasteiger partial charge >= 0.3 is 0 Å². The summed E-state index contributed by atoms with van der Waals surface area (Å²) in [6.45, 7) is 0.725. The molecule has 32 heavy (non-hydrogen) atoms. The number of fused-ring (bicyclic) bond motifs is 2. The van der Waals surface area contributed by atoms with E-state index in [0.717, 1.165) is 39.0 Å². The monoisotopic (exact) mass is 430 g/mol. The summed E-state index contributed by atoms with van der Waals surface area (Å²) in [5.74, 6) is 1.23. The van der Waals surface area contributed by atoms with Gasteiger partial charge in [0.25, 0.3) is 0 Å². The van der Waals surface area contributed by atoms with E-state index in [0.29, 0.717) is 25.1 Å². The van der Waals surface area contributed by atoms with Gasteiger partial charge in [0.1, 0.15) is 5.82 Å². The molecule has 1 aliphatic heterocycles. The number of nitrogens with one attached hydrogen (secondary N) is 1. The molecule has 0 atom stereocenters. The van der Waals surface area contributed by atoms with E-state index in [1.807, 2.05) is 43.4 Å². The lowest BCUT2D eigenvalue weighted by molar-refractivity contribution is -0.130. The fraction of sp³-hybridized carbons (Fsp3) is 0.192. The number of hydrogen-bond donors (Lipinski definition) is 1. The highest BCUT2D eigenvalue weighted by Gasteiger charge is 2.18. The number of halogens is 1. The van der Waals surface area contributed by atoms with Crippen molar-refractivity contribution in [2.45, 2.75) is 19.4 Å². The molecule has 1 amide bonds. The molecule has 5 rings (SSSR count). The summed E-state index contributed by atoms with van der Waals surface area (Å²) in [6, 6.07) is 20.2. The number of hydrogen-bond acceptors (Lipinski definition) is 3. The molecule has 4 aromatic rings. The zero-order chi connectivity index (χ0) is 22.1. The van der Waals surface area contributed by atoms with Crippen LogP contribution < -0.4 is 9.47 Å². The number of aryl methyl sites for hydroxylation is 1. The van der Waals surface area contributed by atoms with Crippen LogP contribution in [0.1, 0.15) is 17.5 Å². The molecule has 1 aromatic heterocycles. The van der Waals surface area contributed by atoms with Gasteiger partial charge in [0.2, 0.25) is 12.7 Å². The Balaban J connectivity index is 1.33. The number of carbonyl (C=O) groups excluding carboxylic acids is 1. The first-order valence-electron chi connectivity index (χ1n) is 10.6. The highest BCUT2D eigenvalue weighted by molar-refractivity contribution is 5.91. The van der Waals surface area contributed by atoms with Crippen molar-refractivity contribution in [1.82, 2.24) is 9.88 Å². The van der Waals surface area contributed by atoms with E-state index in [1.165, 1.54) is 12.1 Å². The van der Waals surface area contributed by atoms with Gasteiger partial charge in [0, 0.05) is 36.6 Å². The van der Waals surface area contributed by atoms with Crippen LogP contribution in [0.5, 0.6) is 11.5 Å². The second-order valence-corrected chi connectivity index (χ2v) is 7.97. The third kappa shape index (κ3) is 3.91. The lowest BCUT2D eigenvalue weighted by Gasteiger charge is -2.18. The lowest BCUT2D eigenvalue weighted by atomic mass is 10.0. The third-order valence-corrected chi connectivity index (χ3v) is 5.82. The quantitative estimate of drug-likeness (QED) is 0.452. The normalized spacial score (nSPS) is 12.3. The maximum Gasteiger partial charge on any atom is 0.231 e. The van der Waals surface area contributed by atoms with Gasteiger partial charge in [-0.1, -0.05) is 24.3 Å². The highest BCUT2D eigenvalue weighted by Crippen LogP contribution is 2.33. The van der Waals surface area contributed by atoms with Crippen LogP contribution in [0.2, 0.25) is 0 Å². The number of nitrogens with zero attached hydrogens (tertiary/aromatic N) is 1. The van der Waals surface area contributed by atoms with Gasteiger partial charge in [-0.25, -0.2) is 4.39 Å². The number of rotatable bonds is 6. The maximum atomic E-state index is 13.4. The van der Waals surface area contributed by atoms with E-state index in [1.54, 1.807) is 17.0 Å². The largest absolute Gasteiger partial charge is 0.454 e. The van der Waals surface area contributed by atoms with Crippen LogP contribution in [0.3, 0.4) is 0 Å². The molecular weight excluding hydrogens is 407 g/mol. The molecule has 0 spiro atoms. The number of aromatic nitrogens is 1. The van der Waals surface area contributed by atoms with Crippen LogP contribution in [0.25, 0.3) is 22.2 Å². The maximum absolute atomic E-state index is 13.4. The number of amides is 1. The summed E-state index contributed by atoms with van der Waals surface area (Å²) in [5.41, 5.74) is 4.89. The molecule has 6 heteroatoms. The number of benzene rings is 3. The molecule has 3 aromatic carbocycles. The Morgan fingerprint density at radius 1 is 1.03 bits per heavy atom. The molecule has 2 heterocycles. The van der Waals surface area contributed by atoms with Gasteiger partial charge in [-0.3, -0.25) is 4.79 Å². The van der Waals surface area contributed by atoms with Crippen molar-refractivity contribution in [1.29, 1.82) is 0 Å². The van der Waals surface area contributed by atoms with Crippen LogP contribution in [-0.4, -0.2) is 29.6 Å². The zero-order valence-corrected chi connectivity index (χ0v) is 17.7. The standard InChI is InChI=1S/C26H23FN2O3/c1-29(15-17-6-12-23-24(14-17)32-16-31-23)25(30)13-11-21-20-4-2-3-5-22(20)28-26(21)18-7-9-19(27)10-8-18/h2-10,12,14,28H,11,13,15-16H2,1H3. The minimum atomic E-state index is -0.272. The van der Waals surface area contributed by atoms with Gasteiger partial charge in [-0.15, -0.1) is 0 Å². The van der Waals surface area contributed by atoms with Gasteiger partial charge in [-0.05, 0) is 65.6 Å². The molecule has 0 unspecified atom stereocenters. The highest BCUT2D eigenvalue weighted by atomic mass is 19.1. The summed E-state index contributed by atoms with van der Waals surface area (Å²) in [4.78, 5) is 18.1. The molecule has 162 valence electrons. The van der Waals surface area contributed by atoms with Crippen LogP contribution in [0, 0.1) is 5.82 Å².